The summed E-state index contributed by atoms with van der Waals surface area (Å²) < 4.78 is 4.97. The molecule has 1 amide bonds. The van der Waals surface area contributed by atoms with Crippen molar-refractivity contribution in [2.75, 3.05) is 0 Å². The van der Waals surface area contributed by atoms with Gasteiger partial charge in [-0.1, -0.05) is 6.07 Å². The number of carbonyl (C=O) groups is 3. The maximum atomic E-state index is 11.8. The molecule has 0 fully saturated rings. The zero-order valence-electron chi connectivity index (χ0n) is 11.5. The van der Waals surface area contributed by atoms with Crippen LogP contribution >= 0.6 is 11.3 Å². The number of alkyl carbamates (subject to hydrolysis) is 1. The van der Waals surface area contributed by atoms with Crippen LogP contribution in [0, 0.1) is 0 Å². The molecule has 7 heteroatoms. The molecule has 1 aromatic rings. The number of ketones is 1. The highest BCUT2D eigenvalue weighted by atomic mass is 32.1. The molecule has 6 nitrogen and oxygen atoms in total. The molecule has 1 rings (SSSR count). The van der Waals surface area contributed by atoms with Gasteiger partial charge in [0.1, 0.15) is 11.6 Å². The Kier molecular flexibility index (Phi) is 5.26. The SMILES string of the molecule is CC(C)(C)OC(=O)N[C@H](CC(=O)c1cccs1)C(=O)O. The van der Waals surface area contributed by atoms with Crippen LogP contribution in [0.2, 0.25) is 0 Å². The van der Waals surface area contributed by atoms with Gasteiger partial charge in [-0.3, -0.25) is 4.79 Å². The van der Waals surface area contributed by atoms with Crippen LogP contribution in [0.1, 0.15) is 36.9 Å². The van der Waals surface area contributed by atoms with Crippen molar-refractivity contribution in [2.24, 2.45) is 0 Å². The number of aliphatic carboxylic acids is 1. The van der Waals surface area contributed by atoms with Crippen LogP contribution in [0.5, 0.6) is 0 Å². The summed E-state index contributed by atoms with van der Waals surface area (Å²) in [4.78, 5) is 34.9. The smallest absolute Gasteiger partial charge is 0.408 e. The molecule has 0 aliphatic carbocycles. The number of Topliss-reactive ketones (excluding diaryl/α,β-unsaturated/α-hetero) is 1. The van der Waals surface area contributed by atoms with Crippen LogP contribution in [0.15, 0.2) is 17.5 Å². The van der Waals surface area contributed by atoms with Crippen molar-refractivity contribution >= 4 is 29.2 Å². The summed E-state index contributed by atoms with van der Waals surface area (Å²) in [5.74, 6) is -1.61. The summed E-state index contributed by atoms with van der Waals surface area (Å²) in [6, 6.07) is 2.01. The molecule has 0 radical (unpaired) electrons. The predicted molar refractivity (Wildman–Crippen MR) is 74.1 cm³/mol. The first kappa shape index (κ1) is 16.2. The molecule has 0 spiro atoms. The van der Waals surface area contributed by atoms with Gasteiger partial charge in [0, 0.05) is 6.42 Å². The lowest BCUT2D eigenvalue weighted by Gasteiger charge is -2.21. The fourth-order valence-corrected chi connectivity index (χ4v) is 2.05. The van der Waals surface area contributed by atoms with E-state index in [0.717, 1.165) is 0 Å². The Hall–Kier alpha value is -1.89. The Bertz CT molecular complexity index is 489. The lowest BCUT2D eigenvalue weighted by Crippen LogP contribution is -2.44. The largest absolute Gasteiger partial charge is 0.480 e. The van der Waals surface area contributed by atoms with Gasteiger partial charge in [0.2, 0.25) is 0 Å². The van der Waals surface area contributed by atoms with E-state index in [1.54, 1.807) is 38.3 Å². The minimum absolute atomic E-state index is 0.310. The predicted octanol–water partition coefficient (Wildman–Crippen LogP) is 2.30. The highest BCUT2D eigenvalue weighted by Crippen LogP contribution is 2.13. The number of rotatable bonds is 5. The molecule has 0 saturated carbocycles. The molecule has 1 heterocycles. The average Bonchev–Trinajstić information content (AvgIpc) is 2.78. The Morgan fingerprint density at radius 1 is 1.40 bits per heavy atom. The first-order chi connectivity index (χ1) is 9.19. The number of carboxylic acid groups (broad SMARTS) is 1. The molecule has 0 unspecified atom stereocenters. The van der Waals surface area contributed by atoms with Gasteiger partial charge < -0.3 is 15.2 Å². The molecule has 20 heavy (non-hydrogen) atoms. The van der Waals surface area contributed by atoms with Crippen molar-refractivity contribution in [1.29, 1.82) is 0 Å². The molecule has 0 bridgehead atoms. The van der Waals surface area contributed by atoms with E-state index in [4.69, 9.17) is 9.84 Å². The fraction of sp³-hybridized carbons (Fsp3) is 0.462. The van der Waals surface area contributed by atoms with E-state index in [9.17, 15) is 14.4 Å². The molecular formula is C13H17NO5S. The third-order valence-corrected chi connectivity index (χ3v) is 3.09. The summed E-state index contributed by atoms with van der Waals surface area (Å²) >= 11 is 1.23. The van der Waals surface area contributed by atoms with Crippen LogP contribution in [0.4, 0.5) is 4.79 Å². The first-order valence-electron chi connectivity index (χ1n) is 5.98. The summed E-state index contributed by atoms with van der Waals surface area (Å²) in [5, 5.41) is 13.0. The molecule has 0 aliphatic rings. The van der Waals surface area contributed by atoms with Crippen molar-refractivity contribution in [3.05, 3.63) is 22.4 Å². The van der Waals surface area contributed by atoms with Gasteiger partial charge in [0.05, 0.1) is 4.88 Å². The van der Waals surface area contributed by atoms with Crippen molar-refractivity contribution in [3.8, 4) is 0 Å². The van der Waals surface area contributed by atoms with E-state index in [-0.39, 0.29) is 12.2 Å². The number of ether oxygens (including phenoxy) is 1. The molecule has 0 aromatic carbocycles. The number of carbonyl (C=O) groups excluding carboxylic acids is 2. The van der Waals surface area contributed by atoms with Crippen LogP contribution in [-0.2, 0) is 9.53 Å². The average molecular weight is 299 g/mol. The van der Waals surface area contributed by atoms with Gasteiger partial charge in [0.25, 0.3) is 0 Å². The van der Waals surface area contributed by atoms with Gasteiger partial charge in [0.15, 0.2) is 5.78 Å². The zero-order valence-corrected chi connectivity index (χ0v) is 12.3. The zero-order chi connectivity index (χ0) is 15.3. The number of carboxylic acids is 1. The number of hydrogen-bond donors (Lipinski definition) is 2. The number of nitrogens with one attached hydrogen (secondary N) is 1. The Balaban J connectivity index is 2.64. The second-order valence-electron chi connectivity index (χ2n) is 5.14. The van der Waals surface area contributed by atoms with Crippen molar-refractivity contribution in [1.82, 2.24) is 5.32 Å². The standard InChI is InChI=1S/C13H17NO5S/c1-13(2,3)19-12(18)14-8(11(16)17)7-9(15)10-5-4-6-20-10/h4-6,8H,7H2,1-3H3,(H,14,18)(H,16,17)/t8-/m1/s1. The summed E-state index contributed by atoms with van der Waals surface area (Å²) in [7, 11) is 0. The van der Waals surface area contributed by atoms with E-state index in [0.29, 0.717) is 4.88 Å². The summed E-state index contributed by atoms with van der Waals surface area (Å²) in [5.41, 5.74) is -0.731. The second kappa shape index (κ2) is 6.51. The normalized spacial score (nSPS) is 12.6. The summed E-state index contributed by atoms with van der Waals surface area (Å²) in [6.45, 7) is 5.00. The molecule has 0 aliphatic heterocycles. The second-order valence-corrected chi connectivity index (χ2v) is 6.09. The Labute approximate surface area is 120 Å². The third-order valence-electron chi connectivity index (χ3n) is 2.17. The van der Waals surface area contributed by atoms with E-state index < -0.39 is 23.7 Å². The summed E-state index contributed by atoms with van der Waals surface area (Å²) in [6.07, 6.45) is -1.17. The number of hydrogen-bond acceptors (Lipinski definition) is 5. The lowest BCUT2D eigenvalue weighted by atomic mass is 10.1. The van der Waals surface area contributed by atoms with Crippen LogP contribution in [0.3, 0.4) is 0 Å². The topological polar surface area (TPSA) is 92.7 Å². The van der Waals surface area contributed by atoms with Crippen LogP contribution in [-0.4, -0.2) is 34.6 Å². The van der Waals surface area contributed by atoms with Crippen molar-refractivity contribution in [2.45, 2.75) is 38.8 Å². The molecule has 2 N–H and O–H groups in total. The van der Waals surface area contributed by atoms with E-state index >= 15 is 0 Å². The third kappa shape index (κ3) is 5.40. The fourth-order valence-electron chi connectivity index (χ4n) is 1.37. The van der Waals surface area contributed by atoms with Crippen molar-refractivity contribution < 1.29 is 24.2 Å². The lowest BCUT2D eigenvalue weighted by molar-refractivity contribution is -0.139. The van der Waals surface area contributed by atoms with Gasteiger partial charge in [-0.05, 0) is 32.2 Å². The van der Waals surface area contributed by atoms with E-state index in [2.05, 4.69) is 5.32 Å². The minimum Gasteiger partial charge on any atom is -0.480 e. The molecule has 1 atom stereocenters. The molecule has 0 saturated heterocycles. The highest BCUT2D eigenvalue weighted by molar-refractivity contribution is 7.12. The molecular weight excluding hydrogens is 282 g/mol. The number of thiophene rings is 1. The van der Waals surface area contributed by atoms with Crippen LogP contribution in [0.25, 0.3) is 0 Å². The maximum Gasteiger partial charge on any atom is 0.408 e. The van der Waals surface area contributed by atoms with Gasteiger partial charge in [-0.15, -0.1) is 11.3 Å². The molecule has 1 aromatic heterocycles. The van der Waals surface area contributed by atoms with Gasteiger partial charge in [-0.25, -0.2) is 9.59 Å². The van der Waals surface area contributed by atoms with Crippen LogP contribution < -0.4 is 5.32 Å². The Morgan fingerprint density at radius 3 is 2.50 bits per heavy atom. The molecule has 110 valence electrons. The monoisotopic (exact) mass is 299 g/mol. The Morgan fingerprint density at radius 2 is 2.05 bits per heavy atom. The first-order valence-corrected chi connectivity index (χ1v) is 6.86. The van der Waals surface area contributed by atoms with Crippen molar-refractivity contribution in [3.63, 3.8) is 0 Å². The minimum atomic E-state index is -1.31. The quantitative estimate of drug-likeness (QED) is 0.814. The van der Waals surface area contributed by atoms with Gasteiger partial charge >= 0.3 is 12.1 Å². The maximum absolute atomic E-state index is 11.8. The number of amides is 1. The highest BCUT2D eigenvalue weighted by Gasteiger charge is 2.26. The van der Waals surface area contributed by atoms with Gasteiger partial charge in [-0.2, -0.15) is 0 Å². The van der Waals surface area contributed by atoms with E-state index in [1.807, 2.05) is 0 Å². The van der Waals surface area contributed by atoms with E-state index in [1.165, 1.54) is 11.3 Å².